The Balaban J connectivity index is 1.74. The molecule has 0 bridgehead atoms. The Kier molecular flexibility index (Phi) is 3.81. The molecule has 86 valence electrons. The van der Waals surface area contributed by atoms with Crippen LogP contribution in [0.1, 0.15) is 19.8 Å². The Morgan fingerprint density at radius 2 is 2.07 bits per heavy atom. The molecule has 0 saturated carbocycles. The molecule has 0 spiro atoms. The average molecular weight is 227 g/mol. The minimum absolute atomic E-state index is 0.852. The lowest BCUT2D eigenvalue weighted by atomic mass is 9.96. The highest BCUT2D eigenvalue weighted by molar-refractivity contribution is 7.80. The number of likely N-dealkylation sites (tertiary alicyclic amines) is 1. The molecular weight excluding hydrogens is 206 g/mol. The molecule has 0 aromatic heterocycles. The van der Waals surface area contributed by atoms with E-state index < -0.39 is 0 Å². The van der Waals surface area contributed by atoms with Crippen molar-refractivity contribution in [3.63, 3.8) is 0 Å². The van der Waals surface area contributed by atoms with Crippen molar-refractivity contribution in [2.75, 3.05) is 39.3 Å². The molecule has 2 heterocycles. The van der Waals surface area contributed by atoms with Gasteiger partial charge in [-0.2, -0.15) is 0 Å². The minimum atomic E-state index is 0.852. The lowest BCUT2D eigenvalue weighted by Gasteiger charge is -2.33. The number of hydrogen-bond donors (Lipinski definition) is 1. The van der Waals surface area contributed by atoms with Gasteiger partial charge in [0.2, 0.25) is 0 Å². The van der Waals surface area contributed by atoms with Gasteiger partial charge in [-0.3, -0.25) is 0 Å². The first kappa shape index (κ1) is 11.1. The molecule has 4 heteroatoms. The van der Waals surface area contributed by atoms with E-state index in [4.69, 9.17) is 12.2 Å². The van der Waals surface area contributed by atoms with Crippen LogP contribution in [0.5, 0.6) is 0 Å². The molecule has 0 radical (unpaired) electrons. The summed E-state index contributed by atoms with van der Waals surface area (Å²) in [6, 6.07) is 0. The van der Waals surface area contributed by atoms with Crippen molar-refractivity contribution < 1.29 is 0 Å². The fourth-order valence-electron chi connectivity index (χ4n) is 2.48. The second-order valence-electron chi connectivity index (χ2n) is 4.56. The van der Waals surface area contributed by atoms with Crippen LogP contribution in [-0.2, 0) is 0 Å². The van der Waals surface area contributed by atoms with Gasteiger partial charge in [0.05, 0.1) is 0 Å². The second kappa shape index (κ2) is 5.12. The van der Waals surface area contributed by atoms with Crippen molar-refractivity contribution in [2.24, 2.45) is 5.92 Å². The van der Waals surface area contributed by atoms with Gasteiger partial charge in [-0.15, -0.1) is 0 Å². The first-order chi connectivity index (χ1) is 7.29. The minimum Gasteiger partial charge on any atom is -0.361 e. The molecule has 3 nitrogen and oxygen atoms in total. The summed E-state index contributed by atoms with van der Waals surface area (Å²) in [5.74, 6) is 0.852. The number of nitrogens with zero attached hydrogens (tertiary/aromatic N) is 2. The van der Waals surface area contributed by atoms with Crippen molar-refractivity contribution in [1.82, 2.24) is 15.1 Å². The van der Waals surface area contributed by atoms with Crippen molar-refractivity contribution in [3.8, 4) is 0 Å². The van der Waals surface area contributed by atoms with Gasteiger partial charge in [0, 0.05) is 19.6 Å². The van der Waals surface area contributed by atoms with Gasteiger partial charge in [0.1, 0.15) is 0 Å². The summed E-state index contributed by atoms with van der Waals surface area (Å²) in [7, 11) is 0. The zero-order valence-corrected chi connectivity index (χ0v) is 10.4. The summed E-state index contributed by atoms with van der Waals surface area (Å²) in [5, 5.41) is 4.19. The molecule has 0 atom stereocenters. The maximum atomic E-state index is 5.26. The second-order valence-corrected chi connectivity index (χ2v) is 4.94. The number of thiocarbonyl (C=S) groups is 1. The summed E-state index contributed by atoms with van der Waals surface area (Å²) < 4.78 is 0. The normalized spacial score (nSPS) is 24.6. The highest BCUT2D eigenvalue weighted by Gasteiger charge is 2.23. The first-order valence-corrected chi connectivity index (χ1v) is 6.45. The zero-order chi connectivity index (χ0) is 10.7. The van der Waals surface area contributed by atoms with Crippen LogP contribution in [0.4, 0.5) is 0 Å². The van der Waals surface area contributed by atoms with E-state index >= 15 is 0 Å². The van der Waals surface area contributed by atoms with E-state index in [1.807, 2.05) is 0 Å². The Morgan fingerprint density at radius 3 is 2.60 bits per heavy atom. The summed E-state index contributed by atoms with van der Waals surface area (Å²) in [6.45, 7) is 9.31. The summed E-state index contributed by atoms with van der Waals surface area (Å²) >= 11 is 5.26. The lowest BCUT2D eigenvalue weighted by Crippen LogP contribution is -2.39. The van der Waals surface area contributed by atoms with Crippen LogP contribution in [0.3, 0.4) is 0 Å². The maximum absolute atomic E-state index is 5.26. The Morgan fingerprint density at radius 1 is 1.33 bits per heavy atom. The van der Waals surface area contributed by atoms with Crippen LogP contribution >= 0.6 is 12.2 Å². The molecule has 2 aliphatic rings. The first-order valence-electron chi connectivity index (χ1n) is 6.04. The molecule has 2 rings (SSSR count). The van der Waals surface area contributed by atoms with Crippen LogP contribution in [-0.4, -0.2) is 54.2 Å². The molecular formula is C11H21N3S. The van der Waals surface area contributed by atoms with Gasteiger partial charge in [0.15, 0.2) is 5.11 Å². The van der Waals surface area contributed by atoms with Crippen LogP contribution < -0.4 is 5.32 Å². The molecule has 2 aliphatic heterocycles. The predicted molar refractivity (Wildman–Crippen MR) is 67.0 cm³/mol. The highest BCUT2D eigenvalue weighted by atomic mass is 32.1. The summed E-state index contributed by atoms with van der Waals surface area (Å²) in [4.78, 5) is 4.87. The third-order valence-electron chi connectivity index (χ3n) is 3.58. The van der Waals surface area contributed by atoms with E-state index in [1.54, 1.807) is 0 Å². The predicted octanol–water partition coefficient (Wildman–Crippen LogP) is 0.908. The molecule has 0 amide bonds. The number of piperidine rings is 1. The van der Waals surface area contributed by atoms with Crippen molar-refractivity contribution in [1.29, 1.82) is 0 Å². The van der Waals surface area contributed by atoms with E-state index in [0.29, 0.717) is 0 Å². The zero-order valence-electron chi connectivity index (χ0n) is 9.54. The molecule has 0 aromatic carbocycles. The number of rotatable bonds is 3. The monoisotopic (exact) mass is 227 g/mol. The van der Waals surface area contributed by atoms with E-state index in [1.165, 1.54) is 39.0 Å². The summed E-state index contributed by atoms with van der Waals surface area (Å²) in [6.07, 6.45) is 2.68. The molecule has 1 N–H and O–H groups in total. The van der Waals surface area contributed by atoms with Gasteiger partial charge in [-0.25, -0.2) is 0 Å². The van der Waals surface area contributed by atoms with E-state index in [2.05, 4.69) is 22.0 Å². The lowest BCUT2D eigenvalue weighted by molar-refractivity contribution is 0.175. The third-order valence-corrected chi connectivity index (χ3v) is 3.98. The van der Waals surface area contributed by atoms with E-state index in [-0.39, 0.29) is 0 Å². The summed E-state index contributed by atoms with van der Waals surface area (Å²) in [5.41, 5.74) is 0. The third kappa shape index (κ3) is 2.82. The highest BCUT2D eigenvalue weighted by Crippen LogP contribution is 2.18. The molecule has 2 fully saturated rings. The molecule has 0 aliphatic carbocycles. The van der Waals surface area contributed by atoms with Crippen molar-refractivity contribution in [3.05, 3.63) is 0 Å². The van der Waals surface area contributed by atoms with E-state index in [9.17, 15) is 0 Å². The van der Waals surface area contributed by atoms with Crippen LogP contribution in [0.2, 0.25) is 0 Å². The van der Waals surface area contributed by atoms with Gasteiger partial charge in [-0.05, 0) is 50.6 Å². The van der Waals surface area contributed by atoms with Crippen LogP contribution in [0.25, 0.3) is 0 Å². The largest absolute Gasteiger partial charge is 0.361 e. The molecule has 2 saturated heterocycles. The Bertz CT molecular complexity index is 224. The standard InChI is InChI=1S/C11H21N3S/c1-2-13-6-3-10(4-7-13)9-14-8-5-12-11(14)15/h10H,2-9H2,1H3,(H,12,15). The van der Waals surface area contributed by atoms with Gasteiger partial charge < -0.3 is 15.1 Å². The van der Waals surface area contributed by atoms with Gasteiger partial charge >= 0.3 is 0 Å². The maximum Gasteiger partial charge on any atom is 0.169 e. The number of nitrogens with one attached hydrogen (secondary N) is 1. The van der Waals surface area contributed by atoms with Crippen LogP contribution in [0.15, 0.2) is 0 Å². The van der Waals surface area contributed by atoms with E-state index in [0.717, 1.165) is 24.1 Å². The van der Waals surface area contributed by atoms with Gasteiger partial charge in [-0.1, -0.05) is 6.92 Å². The van der Waals surface area contributed by atoms with Crippen molar-refractivity contribution in [2.45, 2.75) is 19.8 Å². The fourth-order valence-corrected chi connectivity index (χ4v) is 2.75. The van der Waals surface area contributed by atoms with Crippen molar-refractivity contribution >= 4 is 17.3 Å². The Labute approximate surface area is 97.8 Å². The number of hydrogen-bond acceptors (Lipinski definition) is 2. The average Bonchev–Trinajstić information content (AvgIpc) is 2.66. The van der Waals surface area contributed by atoms with Gasteiger partial charge in [0.25, 0.3) is 0 Å². The Hall–Kier alpha value is -0.350. The molecule has 15 heavy (non-hydrogen) atoms. The quantitative estimate of drug-likeness (QED) is 0.722. The van der Waals surface area contributed by atoms with Crippen LogP contribution in [0, 0.1) is 5.92 Å². The SMILES string of the molecule is CCN1CCC(CN2CCNC2=S)CC1. The topological polar surface area (TPSA) is 18.5 Å². The fraction of sp³-hybridized carbons (Fsp3) is 0.909. The molecule has 0 aromatic rings. The molecule has 0 unspecified atom stereocenters. The smallest absolute Gasteiger partial charge is 0.169 e.